The quantitative estimate of drug-likeness (QED) is 0.630. The topological polar surface area (TPSA) is 49.4 Å². The maximum Gasteiger partial charge on any atom is 0.242 e. The highest BCUT2D eigenvalue weighted by atomic mass is 16.2. The van der Waals surface area contributed by atoms with Crippen molar-refractivity contribution in [3.8, 4) is 0 Å². The Morgan fingerprint density at radius 2 is 2.08 bits per heavy atom. The number of nitrogens with zero attached hydrogens (tertiary/aromatic N) is 1. The van der Waals surface area contributed by atoms with Crippen molar-refractivity contribution in [2.45, 2.75) is 32.2 Å². The fourth-order valence-electron chi connectivity index (χ4n) is 1.75. The molecule has 1 aliphatic heterocycles. The van der Waals surface area contributed by atoms with E-state index in [0.717, 1.165) is 19.3 Å². The third-order valence-corrected chi connectivity index (χ3v) is 2.46. The van der Waals surface area contributed by atoms with E-state index in [0.29, 0.717) is 6.54 Å². The maximum atomic E-state index is 11.4. The molecule has 0 unspecified atom stereocenters. The zero-order valence-electron chi connectivity index (χ0n) is 8.17. The van der Waals surface area contributed by atoms with Crippen molar-refractivity contribution in [1.82, 2.24) is 10.2 Å². The summed E-state index contributed by atoms with van der Waals surface area (Å²) in [7, 11) is 1.61. The van der Waals surface area contributed by atoms with Gasteiger partial charge in [-0.15, -0.1) is 0 Å². The summed E-state index contributed by atoms with van der Waals surface area (Å²) in [4.78, 5) is 24.2. The van der Waals surface area contributed by atoms with E-state index >= 15 is 0 Å². The summed E-state index contributed by atoms with van der Waals surface area (Å²) < 4.78 is 0. The molecule has 0 aromatic carbocycles. The van der Waals surface area contributed by atoms with E-state index in [1.54, 1.807) is 11.9 Å². The average molecular weight is 184 g/mol. The van der Waals surface area contributed by atoms with Crippen LogP contribution in [0.15, 0.2) is 0 Å². The molecular weight excluding hydrogens is 168 g/mol. The molecule has 0 aliphatic carbocycles. The highest BCUT2D eigenvalue weighted by molar-refractivity contribution is 5.86. The van der Waals surface area contributed by atoms with Crippen LogP contribution < -0.4 is 5.32 Å². The normalized spacial score (nSPS) is 22.6. The molecule has 2 amide bonds. The van der Waals surface area contributed by atoms with E-state index in [1.165, 1.54) is 6.92 Å². The van der Waals surface area contributed by atoms with E-state index in [9.17, 15) is 9.59 Å². The van der Waals surface area contributed by atoms with Crippen molar-refractivity contribution >= 4 is 11.8 Å². The Hall–Kier alpha value is -1.06. The summed E-state index contributed by atoms with van der Waals surface area (Å²) in [5.74, 6) is -0.0526. The molecule has 1 saturated heterocycles. The Kier molecular flexibility index (Phi) is 3.28. The first-order chi connectivity index (χ1) is 6.16. The second-order valence-corrected chi connectivity index (χ2v) is 3.34. The first-order valence-electron chi connectivity index (χ1n) is 4.65. The van der Waals surface area contributed by atoms with E-state index in [1.807, 2.05) is 0 Å². The van der Waals surface area contributed by atoms with E-state index in [-0.39, 0.29) is 17.9 Å². The molecule has 0 radical (unpaired) electrons. The number of carbonyl (C=O) groups excluding carboxylic acids is 2. The fourth-order valence-corrected chi connectivity index (χ4v) is 1.75. The van der Waals surface area contributed by atoms with Gasteiger partial charge in [0.2, 0.25) is 11.8 Å². The molecule has 1 rings (SSSR count). The fraction of sp³-hybridized carbons (Fsp3) is 0.778. The Balaban J connectivity index is 2.67. The van der Waals surface area contributed by atoms with Gasteiger partial charge in [0.25, 0.3) is 0 Å². The lowest BCUT2D eigenvalue weighted by molar-refractivity contribution is -0.140. The second kappa shape index (κ2) is 4.25. The number of likely N-dealkylation sites (N-methyl/N-ethyl adjacent to an activating group) is 1. The summed E-state index contributed by atoms with van der Waals surface area (Å²) in [6.45, 7) is 2.23. The molecule has 74 valence electrons. The number of likely N-dealkylation sites (tertiary alicyclic amines) is 1. The maximum absolute atomic E-state index is 11.4. The molecule has 1 aliphatic rings. The minimum Gasteiger partial charge on any atom is -0.357 e. The molecule has 0 aromatic heterocycles. The molecule has 1 heterocycles. The number of nitrogens with one attached hydrogen (secondary N) is 1. The second-order valence-electron chi connectivity index (χ2n) is 3.34. The number of carbonyl (C=O) groups is 2. The number of piperidine rings is 1. The van der Waals surface area contributed by atoms with Crippen molar-refractivity contribution in [1.29, 1.82) is 0 Å². The minimum absolute atomic E-state index is 0.00620. The Morgan fingerprint density at radius 3 is 2.62 bits per heavy atom. The molecule has 4 nitrogen and oxygen atoms in total. The molecule has 1 N–H and O–H groups in total. The molecule has 0 aromatic rings. The van der Waals surface area contributed by atoms with Crippen LogP contribution in [0.1, 0.15) is 26.2 Å². The van der Waals surface area contributed by atoms with Crippen LogP contribution in [-0.4, -0.2) is 36.3 Å². The van der Waals surface area contributed by atoms with Gasteiger partial charge in [-0.25, -0.2) is 0 Å². The van der Waals surface area contributed by atoms with Gasteiger partial charge in [-0.2, -0.15) is 0 Å². The van der Waals surface area contributed by atoms with Crippen LogP contribution in [0.3, 0.4) is 0 Å². The van der Waals surface area contributed by atoms with Crippen molar-refractivity contribution in [3.63, 3.8) is 0 Å². The third kappa shape index (κ3) is 2.20. The Bertz CT molecular complexity index is 216. The summed E-state index contributed by atoms with van der Waals surface area (Å²) >= 11 is 0. The van der Waals surface area contributed by atoms with Crippen LogP contribution in [0, 0.1) is 0 Å². The predicted octanol–water partition coefficient (Wildman–Crippen LogP) is 0.133. The van der Waals surface area contributed by atoms with Gasteiger partial charge in [-0.05, 0) is 19.3 Å². The van der Waals surface area contributed by atoms with Crippen LogP contribution in [0.2, 0.25) is 0 Å². The van der Waals surface area contributed by atoms with Crippen molar-refractivity contribution in [2.75, 3.05) is 13.6 Å². The lowest BCUT2D eigenvalue weighted by Gasteiger charge is -2.33. The van der Waals surface area contributed by atoms with Gasteiger partial charge >= 0.3 is 0 Å². The van der Waals surface area contributed by atoms with Crippen LogP contribution in [0.4, 0.5) is 0 Å². The van der Waals surface area contributed by atoms with Gasteiger partial charge in [0.1, 0.15) is 6.04 Å². The van der Waals surface area contributed by atoms with Crippen LogP contribution in [-0.2, 0) is 9.59 Å². The van der Waals surface area contributed by atoms with Crippen molar-refractivity contribution in [3.05, 3.63) is 0 Å². The number of amides is 2. The number of rotatable bonds is 1. The molecule has 0 saturated carbocycles. The molecule has 0 spiro atoms. The molecule has 1 fully saturated rings. The standard InChI is InChI=1S/C9H16N2O2/c1-7(12)11-6-4-3-5-8(11)9(13)10-2/h8H,3-6H2,1-2H3,(H,10,13)/t8-/m0/s1. The van der Waals surface area contributed by atoms with Crippen LogP contribution in [0.25, 0.3) is 0 Å². The summed E-state index contributed by atoms with van der Waals surface area (Å²) in [5, 5.41) is 2.59. The minimum atomic E-state index is -0.240. The van der Waals surface area contributed by atoms with E-state index in [2.05, 4.69) is 5.32 Å². The monoisotopic (exact) mass is 184 g/mol. The molecular formula is C9H16N2O2. The Labute approximate surface area is 78.3 Å². The third-order valence-electron chi connectivity index (χ3n) is 2.46. The Morgan fingerprint density at radius 1 is 1.38 bits per heavy atom. The van der Waals surface area contributed by atoms with Gasteiger partial charge in [-0.3, -0.25) is 9.59 Å². The zero-order valence-corrected chi connectivity index (χ0v) is 8.17. The van der Waals surface area contributed by atoms with Gasteiger partial charge in [0.05, 0.1) is 0 Å². The van der Waals surface area contributed by atoms with Gasteiger partial charge in [0, 0.05) is 20.5 Å². The number of hydrogen-bond acceptors (Lipinski definition) is 2. The first-order valence-corrected chi connectivity index (χ1v) is 4.65. The summed E-state index contributed by atoms with van der Waals surface area (Å²) in [6.07, 6.45) is 2.83. The van der Waals surface area contributed by atoms with Crippen molar-refractivity contribution < 1.29 is 9.59 Å². The van der Waals surface area contributed by atoms with Crippen LogP contribution >= 0.6 is 0 Å². The molecule has 13 heavy (non-hydrogen) atoms. The predicted molar refractivity (Wildman–Crippen MR) is 49.1 cm³/mol. The van der Waals surface area contributed by atoms with E-state index in [4.69, 9.17) is 0 Å². The number of hydrogen-bond donors (Lipinski definition) is 1. The molecule has 4 heteroatoms. The lowest BCUT2D eigenvalue weighted by atomic mass is 10.0. The van der Waals surface area contributed by atoms with Crippen LogP contribution in [0.5, 0.6) is 0 Å². The van der Waals surface area contributed by atoms with Gasteiger partial charge in [0.15, 0.2) is 0 Å². The molecule has 1 atom stereocenters. The van der Waals surface area contributed by atoms with Gasteiger partial charge < -0.3 is 10.2 Å². The highest BCUT2D eigenvalue weighted by Crippen LogP contribution is 2.16. The summed E-state index contributed by atoms with van der Waals surface area (Å²) in [6, 6.07) is -0.240. The lowest BCUT2D eigenvalue weighted by Crippen LogP contribution is -2.50. The summed E-state index contributed by atoms with van der Waals surface area (Å²) in [5.41, 5.74) is 0. The van der Waals surface area contributed by atoms with E-state index < -0.39 is 0 Å². The highest BCUT2D eigenvalue weighted by Gasteiger charge is 2.29. The zero-order chi connectivity index (χ0) is 9.84. The average Bonchev–Trinajstić information content (AvgIpc) is 2.16. The largest absolute Gasteiger partial charge is 0.357 e. The molecule has 0 bridgehead atoms. The van der Waals surface area contributed by atoms with Crippen molar-refractivity contribution in [2.24, 2.45) is 0 Å². The SMILES string of the molecule is CNC(=O)[C@@H]1CCCCN1C(C)=O. The first kappa shape index (κ1) is 10.0. The van der Waals surface area contributed by atoms with Gasteiger partial charge in [-0.1, -0.05) is 0 Å². The smallest absolute Gasteiger partial charge is 0.242 e.